The molecule has 0 saturated heterocycles. The average Bonchev–Trinajstić information content (AvgIpc) is 2.38. The van der Waals surface area contributed by atoms with Gasteiger partial charge in [-0.25, -0.2) is 0 Å². The fraction of sp³-hybridized carbons (Fsp3) is 0.500. The van der Waals surface area contributed by atoms with Crippen molar-refractivity contribution in [3.63, 3.8) is 0 Å². The topological polar surface area (TPSA) is 55.1 Å². The number of nitrogen functional groups attached to an aromatic ring is 1. The molecule has 0 aliphatic carbocycles. The highest BCUT2D eigenvalue weighted by Gasteiger charge is 2.31. The van der Waals surface area contributed by atoms with Crippen molar-refractivity contribution in [2.24, 2.45) is 5.92 Å². The maximum Gasteiger partial charge on any atom is 0.416 e. The van der Waals surface area contributed by atoms with E-state index in [0.29, 0.717) is 12.5 Å². The van der Waals surface area contributed by atoms with Crippen LogP contribution < -0.4 is 11.1 Å². The van der Waals surface area contributed by atoms with Gasteiger partial charge in [0.15, 0.2) is 0 Å². The monoisotopic (exact) mass is 288 g/mol. The van der Waals surface area contributed by atoms with E-state index in [-0.39, 0.29) is 11.3 Å². The predicted octanol–water partition coefficient (Wildman–Crippen LogP) is 3.45. The lowest BCUT2D eigenvalue weighted by Gasteiger charge is -2.15. The fourth-order valence-electron chi connectivity index (χ4n) is 1.84. The number of nitrogens with one attached hydrogen (secondary N) is 1. The number of halogens is 3. The number of benzene rings is 1. The lowest BCUT2D eigenvalue weighted by atomic mass is 10.0. The molecule has 0 aliphatic heterocycles. The van der Waals surface area contributed by atoms with Gasteiger partial charge in [-0.15, -0.1) is 0 Å². The van der Waals surface area contributed by atoms with Crippen molar-refractivity contribution in [2.75, 3.05) is 12.3 Å². The van der Waals surface area contributed by atoms with Crippen LogP contribution in [0, 0.1) is 5.92 Å². The number of carbonyl (C=O) groups excluding carboxylic acids is 1. The first-order valence-electron chi connectivity index (χ1n) is 6.54. The van der Waals surface area contributed by atoms with Crippen molar-refractivity contribution in [2.45, 2.75) is 32.9 Å². The summed E-state index contributed by atoms with van der Waals surface area (Å²) in [6.45, 7) is 4.43. The molecule has 0 saturated carbocycles. The molecule has 0 atom stereocenters. The summed E-state index contributed by atoms with van der Waals surface area (Å²) in [5.74, 6) is -0.258. The SMILES string of the molecule is CCC(CC)CNC(=O)c1cc(C(F)(F)F)ccc1N. The molecule has 0 spiro atoms. The highest BCUT2D eigenvalue weighted by Crippen LogP contribution is 2.31. The second-order valence-corrected chi connectivity index (χ2v) is 4.69. The van der Waals surface area contributed by atoms with Crippen molar-refractivity contribution >= 4 is 11.6 Å². The molecule has 6 heteroatoms. The molecule has 3 nitrogen and oxygen atoms in total. The van der Waals surface area contributed by atoms with E-state index >= 15 is 0 Å². The standard InChI is InChI=1S/C14H19F3N2O/c1-3-9(4-2)8-19-13(20)11-7-10(14(15,16)17)5-6-12(11)18/h5-7,9H,3-4,8,18H2,1-2H3,(H,19,20). The molecule has 1 rings (SSSR count). The molecule has 0 heterocycles. The molecule has 0 bridgehead atoms. The summed E-state index contributed by atoms with van der Waals surface area (Å²) in [5.41, 5.74) is 4.61. The molecule has 0 fully saturated rings. The third-order valence-corrected chi connectivity index (χ3v) is 3.33. The summed E-state index contributed by atoms with van der Waals surface area (Å²) in [6.07, 6.45) is -2.69. The van der Waals surface area contributed by atoms with Gasteiger partial charge in [-0.05, 0) is 24.1 Å². The van der Waals surface area contributed by atoms with E-state index in [9.17, 15) is 18.0 Å². The number of hydrogen-bond donors (Lipinski definition) is 2. The van der Waals surface area contributed by atoms with Gasteiger partial charge in [-0.3, -0.25) is 4.79 Å². The van der Waals surface area contributed by atoms with Crippen LogP contribution in [0.1, 0.15) is 42.6 Å². The Morgan fingerprint density at radius 2 is 1.90 bits per heavy atom. The van der Waals surface area contributed by atoms with E-state index in [0.717, 1.165) is 31.0 Å². The largest absolute Gasteiger partial charge is 0.416 e. The fourth-order valence-corrected chi connectivity index (χ4v) is 1.84. The third kappa shape index (κ3) is 4.15. The van der Waals surface area contributed by atoms with Gasteiger partial charge in [0.1, 0.15) is 0 Å². The molecule has 1 amide bonds. The molecule has 112 valence electrons. The Hall–Kier alpha value is -1.72. The Labute approximate surface area is 116 Å². The smallest absolute Gasteiger partial charge is 0.398 e. The highest BCUT2D eigenvalue weighted by molar-refractivity contribution is 5.99. The number of rotatable bonds is 5. The van der Waals surface area contributed by atoms with Gasteiger partial charge in [-0.2, -0.15) is 13.2 Å². The molecule has 0 radical (unpaired) electrons. The van der Waals surface area contributed by atoms with Crippen LogP contribution >= 0.6 is 0 Å². The normalized spacial score (nSPS) is 11.7. The Balaban J connectivity index is 2.87. The predicted molar refractivity (Wildman–Crippen MR) is 72.3 cm³/mol. The summed E-state index contributed by atoms with van der Waals surface area (Å²) >= 11 is 0. The first-order valence-corrected chi connectivity index (χ1v) is 6.54. The second-order valence-electron chi connectivity index (χ2n) is 4.69. The lowest BCUT2D eigenvalue weighted by molar-refractivity contribution is -0.137. The van der Waals surface area contributed by atoms with Gasteiger partial charge in [0.2, 0.25) is 0 Å². The van der Waals surface area contributed by atoms with E-state index in [1.54, 1.807) is 0 Å². The van der Waals surface area contributed by atoms with Crippen molar-refractivity contribution in [1.29, 1.82) is 0 Å². The molecule has 1 aromatic carbocycles. The van der Waals surface area contributed by atoms with Gasteiger partial charge in [0.25, 0.3) is 5.91 Å². The summed E-state index contributed by atoms with van der Waals surface area (Å²) < 4.78 is 37.8. The van der Waals surface area contributed by atoms with Crippen LogP contribution in [0.4, 0.5) is 18.9 Å². The van der Waals surface area contributed by atoms with Crippen LogP contribution in [0.5, 0.6) is 0 Å². The second kappa shape index (κ2) is 6.63. The van der Waals surface area contributed by atoms with Gasteiger partial charge in [0.05, 0.1) is 11.1 Å². The van der Waals surface area contributed by atoms with E-state index in [1.165, 1.54) is 0 Å². The highest BCUT2D eigenvalue weighted by atomic mass is 19.4. The van der Waals surface area contributed by atoms with Crippen molar-refractivity contribution in [3.05, 3.63) is 29.3 Å². The van der Waals surface area contributed by atoms with Gasteiger partial charge >= 0.3 is 6.18 Å². The third-order valence-electron chi connectivity index (χ3n) is 3.33. The molecule has 0 aliphatic rings. The first kappa shape index (κ1) is 16.3. The molecule has 1 aromatic rings. The lowest BCUT2D eigenvalue weighted by Crippen LogP contribution is -2.29. The molecular formula is C14H19F3N2O. The Bertz CT molecular complexity index is 468. The minimum Gasteiger partial charge on any atom is -0.398 e. The zero-order valence-electron chi connectivity index (χ0n) is 11.6. The number of alkyl halides is 3. The number of carbonyl (C=O) groups is 1. The summed E-state index contributed by atoms with van der Waals surface area (Å²) in [6, 6.07) is 2.76. The van der Waals surface area contributed by atoms with Gasteiger partial charge in [0, 0.05) is 12.2 Å². The summed E-state index contributed by atoms with van der Waals surface area (Å²) in [4.78, 5) is 11.9. The minimum absolute atomic E-state index is 0.0417. The number of hydrogen-bond acceptors (Lipinski definition) is 2. The van der Waals surface area contributed by atoms with Crippen molar-refractivity contribution in [1.82, 2.24) is 5.32 Å². The van der Waals surface area contributed by atoms with Crippen LogP contribution in [0.15, 0.2) is 18.2 Å². The van der Waals surface area contributed by atoms with E-state index in [2.05, 4.69) is 5.32 Å². The molecule has 0 aromatic heterocycles. The Morgan fingerprint density at radius 1 is 1.30 bits per heavy atom. The van der Waals surface area contributed by atoms with Crippen LogP contribution in [-0.4, -0.2) is 12.5 Å². The van der Waals surface area contributed by atoms with Crippen LogP contribution in [0.25, 0.3) is 0 Å². The van der Waals surface area contributed by atoms with Crippen molar-refractivity contribution < 1.29 is 18.0 Å². The minimum atomic E-state index is -4.49. The Morgan fingerprint density at radius 3 is 2.40 bits per heavy atom. The molecule has 20 heavy (non-hydrogen) atoms. The Kier molecular flexibility index (Phi) is 5.42. The van der Waals surface area contributed by atoms with Crippen LogP contribution in [-0.2, 0) is 6.18 Å². The summed E-state index contributed by atoms with van der Waals surface area (Å²) in [5, 5.41) is 2.63. The zero-order valence-corrected chi connectivity index (χ0v) is 11.6. The number of amides is 1. The maximum atomic E-state index is 12.6. The van der Waals surface area contributed by atoms with E-state index in [4.69, 9.17) is 5.73 Å². The number of anilines is 1. The average molecular weight is 288 g/mol. The summed E-state index contributed by atoms with van der Waals surface area (Å²) in [7, 11) is 0. The van der Waals surface area contributed by atoms with E-state index in [1.807, 2.05) is 13.8 Å². The maximum absolute atomic E-state index is 12.6. The molecule has 3 N–H and O–H groups in total. The van der Waals surface area contributed by atoms with Crippen LogP contribution in [0.2, 0.25) is 0 Å². The van der Waals surface area contributed by atoms with E-state index < -0.39 is 17.6 Å². The van der Waals surface area contributed by atoms with Gasteiger partial charge in [-0.1, -0.05) is 26.7 Å². The first-order chi connectivity index (χ1) is 9.29. The van der Waals surface area contributed by atoms with Crippen LogP contribution in [0.3, 0.4) is 0 Å². The van der Waals surface area contributed by atoms with Crippen molar-refractivity contribution in [3.8, 4) is 0 Å². The zero-order chi connectivity index (χ0) is 15.3. The number of nitrogens with two attached hydrogens (primary N) is 1. The molecular weight excluding hydrogens is 269 g/mol. The quantitative estimate of drug-likeness (QED) is 0.815. The molecule has 0 unspecified atom stereocenters. The van der Waals surface area contributed by atoms with Gasteiger partial charge < -0.3 is 11.1 Å².